The molecule has 5 nitrogen and oxygen atoms in total. The van der Waals surface area contributed by atoms with E-state index >= 15 is 0 Å². The van der Waals surface area contributed by atoms with Crippen molar-refractivity contribution < 1.29 is 4.79 Å². The number of carbonyl (C=O) groups excluding carboxylic acids is 1. The maximum atomic E-state index is 12.3. The van der Waals surface area contributed by atoms with Crippen molar-refractivity contribution in [2.24, 2.45) is 10.4 Å². The number of likely N-dealkylation sites (N-methyl/N-ethyl adjacent to an activating group) is 1. The van der Waals surface area contributed by atoms with Gasteiger partial charge in [0, 0.05) is 31.7 Å². The Morgan fingerprint density at radius 1 is 1.58 bits per heavy atom. The summed E-state index contributed by atoms with van der Waals surface area (Å²) < 4.78 is 0. The highest BCUT2D eigenvalue weighted by Crippen LogP contribution is 2.28. The van der Waals surface area contributed by atoms with Gasteiger partial charge in [0.25, 0.3) is 0 Å². The maximum absolute atomic E-state index is 12.3. The molecule has 0 aromatic carbocycles. The average Bonchev–Trinajstić information content (AvgIpc) is 2.47. The van der Waals surface area contributed by atoms with Gasteiger partial charge < -0.3 is 15.6 Å². The SMILES string of the molecule is CNC1CCC(C)(C)CN(C/C=C/N=C\C=N)C1=O. The minimum absolute atomic E-state index is 0.0831. The van der Waals surface area contributed by atoms with Crippen LogP contribution in [0.2, 0.25) is 0 Å². The lowest BCUT2D eigenvalue weighted by atomic mass is 9.87. The van der Waals surface area contributed by atoms with Crippen molar-refractivity contribution in [2.45, 2.75) is 32.7 Å². The summed E-state index contributed by atoms with van der Waals surface area (Å²) in [5, 5.41) is 9.91. The Hall–Kier alpha value is -1.49. The third kappa shape index (κ3) is 4.95. The smallest absolute Gasteiger partial charge is 0.239 e. The molecule has 1 amide bonds. The van der Waals surface area contributed by atoms with Crippen molar-refractivity contribution in [1.82, 2.24) is 10.2 Å². The third-order valence-corrected chi connectivity index (χ3v) is 3.36. The molecule has 5 heteroatoms. The van der Waals surface area contributed by atoms with Gasteiger partial charge in [-0.3, -0.25) is 9.79 Å². The van der Waals surface area contributed by atoms with Gasteiger partial charge in [-0.2, -0.15) is 0 Å². The Bertz CT molecular complexity index is 374. The molecule has 0 radical (unpaired) electrons. The van der Waals surface area contributed by atoms with Crippen LogP contribution in [0.3, 0.4) is 0 Å². The zero-order valence-electron chi connectivity index (χ0n) is 12.0. The Kier molecular flexibility index (Phi) is 5.89. The fourth-order valence-electron chi connectivity index (χ4n) is 2.30. The number of likely N-dealkylation sites (tertiary alicyclic amines) is 1. The summed E-state index contributed by atoms with van der Waals surface area (Å²) in [4.78, 5) is 18.1. The molecule has 0 spiro atoms. The lowest BCUT2D eigenvalue weighted by Crippen LogP contribution is -2.45. The minimum Gasteiger partial charge on any atom is -0.337 e. The molecule has 1 fully saturated rings. The van der Waals surface area contributed by atoms with Gasteiger partial charge in [0.05, 0.1) is 6.04 Å². The second kappa shape index (κ2) is 7.19. The van der Waals surface area contributed by atoms with Gasteiger partial charge in [-0.25, -0.2) is 0 Å². The number of amides is 1. The first-order valence-corrected chi connectivity index (χ1v) is 6.63. The van der Waals surface area contributed by atoms with Crippen LogP contribution < -0.4 is 5.32 Å². The summed E-state index contributed by atoms with van der Waals surface area (Å²) >= 11 is 0. The number of hydrogen-bond acceptors (Lipinski definition) is 4. The standard InChI is InChI=1S/C14H24N4O/c1-14(2)6-5-12(16-3)13(19)18(11-14)10-4-8-17-9-7-15/h4,7-9,12,15-16H,5-6,10-11H2,1-3H3/b8-4+,15-7?,17-9-. The first-order chi connectivity index (χ1) is 9.00. The summed E-state index contributed by atoms with van der Waals surface area (Å²) in [5.74, 6) is 0.161. The highest BCUT2D eigenvalue weighted by atomic mass is 16.2. The summed E-state index contributed by atoms with van der Waals surface area (Å²) in [7, 11) is 1.84. The number of nitrogens with zero attached hydrogens (tertiary/aromatic N) is 2. The van der Waals surface area contributed by atoms with Crippen molar-refractivity contribution in [3.05, 3.63) is 12.3 Å². The number of carbonyl (C=O) groups is 1. The molecule has 106 valence electrons. The molecule has 1 aliphatic heterocycles. The first kappa shape index (κ1) is 15.6. The molecule has 1 aliphatic rings. The quantitative estimate of drug-likeness (QED) is 0.738. The van der Waals surface area contributed by atoms with E-state index in [-0.39, 0.29) is 17.4 Å². The van der Waals surface area contributed by atoms with Crippen molar-refractivity contribution in [3.63, 3.8) is 0 Å². The number of aliphatic imine (C=N–C) groups is 1. The van der Waals surface area contributed by atoms with Crippen molar-refractivity contribution in [1.29, 1.82) is 5.41 Å². The fourth-order valence-corrected chi connectivity index (χ4v) is 2.30. The minimum atomic E-state index is -0.0831. The molecule has 1 rings (SSSR count). The number of hydrogen-bond donors (Lipinski definition) is 2. The van der Waals surface area contributed by atoms with Gasteiger partial charge in [-0.1, -0.05) is 13.8 Å². The van der Waals surface area contributed by atoms with Gasteiger partial charge in [0.1, 0.15) is 0 Å². The van der Waals surface area contributed by atoms with Crippen molar-refractivity contribution in [3.8, 4) is 0 Å². The van der Waals surface area contributed by atoms with E-state index in [1.165, 1.54) is 6.21 Å². The summed E-state index contributed by atoms with van der Waals surface area (Å²) in [6, 6.07) is -0.0831. The van der Waals surface area contributed by atoms with Gasteiger partial charge in [-0.05, 0) is 31.4 Å². The summed E-state index contributed by atoms with van der Waals surface area (Å²) in [6.07, 6.45) is 7.93. The van der Waals surface area contributed by atoms with E-state index in [4.69, 9.17) is 5.41 Å². The molecular weight excluding hydrogens is 240 g/mol. The second-order valence-corrected chi connectivity index (χ2v) is 5.61. The predicted molar refractivity (Wildman–Crippen MR) is 78.9 cm³/mol. The summed E-state index contributed by atoms with van der Waals surface area (Å²) in [5.41, 5.74) is 0.146. The van der Waals surface area contributed by atoms with Crippen LogP contribution in [-0.4, -0.2) is 49.4 Å². The van der Waals surface area contributed by atoms with Crippen LogP contribution in [0.1, 0.15) is 26.7 Å². The topological polar surface area (TPSA) is 68.6 Å². The van der Waals surface area contributed by atoms with E-state index in [0.717, 1.165) is 25.6 Å². The van der Waals surface area contributed by atoms with Gasteiger partial charge in [0.15, 0.2) is 0 Å². The third-order valence-electron chi connectivity index (χ3n) is 3.36. The van der Waals surface area contributed by atoms with Gasteiger partial charge in [-0.15, -0.1) is 0 Å². The number of nitrogens with one attached hydrogen (secondary N) is 2. The zero-order valence-corrected chi connectivity index (χ0v) is 12.0. The molecule has 1 atom stereocenters. The monoisotopic (exact) mass is 264 g/mol. The molecule has 19 heavy (non-hydrogen) atoms. The van der Waals surface area contributed by atoms with E-state index in [2.05, 4.69) is 24.2 Å². The molecule has 2 N–H and O–H groups in total. The molecule has 1 unspecified atom stereocenters. The van der Waals surface area contributed by atoms with Crippen LogP contribution in [0, 0.1) is 10.8 Å². The van der Waals surface area contributed by atoms with E-state index < -0.39 is 0 Å². The lowest BCUT2D eigenvalue weighted by Gasteiger charge is -2.29. The largest absolute Gasteiger partial charge is 0.337 e. The molecule has 1 heterocycles. The van der Waals surface area contributed by atoms with Gasteiger partial charge in [0.2, 0.25) is 5.91 Å². The van der Waals surface area contributed by atoms with Gasteiger partial charge >= 0.3 is 0 Å². The second-order valence-electron chi connectivity index (χ2n) is 5.61. The van der Waals surface area contributed by atoms with E-state index in [0.29, 0.717) is 6.54 Å². The lowest BCUT2D eigenvalue weighted by molar-refractivity contribution is -0.132. The average molecular weight is 264 g/mol. The predicted octanol–water partition coefficient (Wildman–Crippen LogP) is 1.46. The van der Waals surface area contributed by atoms with E-state index in [9.17, 15) is 4.79 Å². The maximum Gasteiger partial charge on any atom is 0.239 e. The van der Waals surface area contributed by atoms with Crippen molar-refractivity contribution in [2.75, 3.05) is 20.1 Å². The molecule has 0 saturated carbocycles. The van der Waals surface area contributed by atoms with E-state index in [1.54, 1.807) is 6.20 Å². The molecule has 1 saturated heterocycles. The Morgan fingerprint density at radius 2 is 2.32 bits per heavy atom. The first-order valence-electron chi connectivity index (χ1n) is 6.63. The normalized spacial score (nSPS) is 24.1. The molecule has 0 aromatic heterocycles. The Labute approximate surface area is 115 Å². The molecule has 0 bridgehead atoms. The Balaban J connectivity index is 2.70. The highest BCUT2D eigenvalue weighted by Gasteiger charge is 2.33. The molecular formula is C14H24N4O. The molecule has 0 aliphatic carbocycles. The van der Waals surface area contributed by atoms with Crippen LogP contribution in [0.5, 0.6) is 0 Å². The van der Waals surface area contributed by atoms with E-state index in [1.807, 2.05) is 18.0 Å². The van der Waals surface area contributed by atoms with Crippen LogP contribution in [-0.2, 0) is 4.79 Å². The number of rotatable bonds is 5. The van der Waals surface area contributed by atoms with Crippen molar-refractivity contribution >= 4 is 18.3 Å². The Morgan fingerprint density at radius 3 is 2.95 bits per heavy atom. The van der Waals surface area contributed by atoms with Crippen LogP contribution in [0.25, 0.3) is 0 Å². The summed E-state index contributed by atoms with van der Waals surface area (Å²) in [6.45, 7) is 5.73. The fraction of sp³-hybridized carbons (Fsp3) is 0.643. The highest BCUT2D eigenvalue weighted by molar-refractivity contribution is 6.14. The zero-order chi connectivity index (χ0) is 14.3. The van der Waals surface area contributed by atoms with Crippen LogP contribution in [0.15, 0.2) is 17.3 Å². The van der Waals surface area contributed by atoms with Crippen LogP contribution in [0.4, 0.5) is 0 Å². The van der Waals surface area contributed by atoms with Crippen LogP contribution >= 0.6 is 0 Å². The molecule has 0 aromatic rings.